The summed E-state index contributed by atoms with van der Waals surface area (Å²) >= 11 is 0. The molecule has 5 heteroatoms. The Balaban J connectivity index is 1.41. The van der Waals surface area contributed by atoms with Gasteiger partial charge in [0.25, 0.3) is 0 Å². The highest BCUT2D eigenvalue weighted by atomic mass is 16.2. The van der Waals surface area contributed by atoms with E-state index in [4.69, 9.17) is 4.98 Å². The number of benzene rings is 2. The summed E-state index contributed by atoms with van der Waals surface area (Å²) in [4.78, 5) is 29.9. The van der Waals surface area contributed by atoms with Gasteiger partial charge in [0.1, 0.15) is 5.82 Å². The molecular weight excluding hydrogens is 374 g/mol. The van der Waals surface area contributed by atoms with Crippen LogP contribution >= 0.6 is 0 Å². The first-order valence-electron chi connectivity index (χ1n) is 11.0. The molecule has 3 aromatic rings. The average Bonchev–Trinajstić information content (AvgIpc) is 3.15. The fourth-order valence-electron chi connectivity index (χ4n) is 4.32. The number of amides is 1. The van der Waals surface area contributed by atoms with E-state index >= 15 is 0 Å². The minimum absolute atomic E-state index is 0.0746. The van der Waals surface area contributed by atoms with Crippen molar-refractivity contribution in [2.75, 3.05) is 6.54 Å². The Labute approximate surface area is 177 Å². The molecule has 156 valence electrons. The van der Waals surface area contributed by atoms with Crippen LogP contribution < -0.4 is 5.32 Å². The summed E-state index contributed by atoms with van der Waals surface area (Å²) in [6.45, 7) is 0.916. The number of carbonyl (C=O) groups excluding carboxylic acids is 2. The smallest absolute Gasteiger partial charge is 0.223 e. The third-order valence-corrected chi connectivity index (χ3v) is 5.98. The Bertz CT molecular complexity index is 1000. The largest absolute Gasteiger partial charge is 0.356 e. The van der Waals surface area contributed by atoms with Gasteiger partial charge >= 0.3 is 0 Å². The first kappa shape index (κ1) is 20.3. The highest BCUT2D eigenvalue weighted by molar-refractivity contribution is 5.96. The SMILES string of the molecule is O=C(Cn1c(CCCNC(=O)C2CCCCC2)nc2ccccc21)c1ccccc1. The molecular formula is C25H29N3O2. The van der Waals surface area contributed by atoms with Crippen LogP contribution in [0.4, 0.5) is 0 Å². The molecule has 1 aliphatic rings. The molecule has 1 fully saturated rings. The predicted molar refractivity (Wildman–Crippen MR) is 118 cm³/mol. The van der Waals surface area contributed by atoms with Gasteiger partial charge in [-0.05, 0) is 31.4 Å². The molecule has 0 atom stereocenters. The molecule has 0 aliphatic heterocycles. The zero-order valence-electron chi connectivity index (χ0n) is 17.3. The topological polar surface area (TPSA) is 64.0 Å². The number of nitrogens with one attached hydrogen (secondary N) is 1. The molecule has 0 radical (unpaired) electrons. The molecule has 30 heavy (non-hydrogen) atoms. The van der Waals surface area contributed by atoms with Crippen LogP contribution in [0.25, 0.3) is 11.0 Å². The molecule has 1 saturated carbocycles. The minimum atomic E-state index is 0.0746. The van der Waals surface area contributed by atoms with Gasteiger partial charge in [-0.1, -0.05) is 61.7 Å². The van der Waals surface area contributed by atoms with Crippen LogP contribution in [-0.2, 0) is 17.8 Å². The number of aryl methyl sites for hydroxylation is 1. The first-order valence-corrected chi connectivity index (χ1v) is 11.0. The Morgan fingerprint density at radius 2 is 1.70 bits per heavy atom. The second-order valence-corrected chi connectivity index (χ2v) is 8.12. The van der Waals surface area contributed by atoms with Crippen LogP contribution in [0.1, 0.15) is 54.7 Å². The van der Waals surface area contributed by atoms with Crippen molar-refractivity contribution >= 4 is 22.7 Å². The molecule has 1 aromatic heterocycles. The van der Waals surface area contributed by atoms with Gasteiger partial charge in [-0.15, -0.1) is 0 Å². The van der Waals surface area contributed by atoms with E-state index in [0.717, 1.165) is 55.4 Å². The highest BCUT2D eigenvalue weighted by Crippen LogP contribution is 2.23. The summed E-state index contributed by atoms with van der Waals surface area (Å²) in [5.74, 6) is 1.35. The Hall–Kier alpha value is -2.95. The molecule has 5 nitrogen and oxygen atoms in total. The number of carbonyl (C=O) groups is 2. The fraction of sp³-hybridized carbons (Fsp3) is 0.400. The summed E-state index contributed by atoms with van der Waals surface area (Å²) in [7, 11) is 0. The normalized spacial score (nSPS) is 14.7. The lowest BCUT2D eigenvalue weighted by atomic mass is 9.89. The van der Waals surface area contributed by atoms with Crippen LogP contribution in [0.5, 0.6) is 0 Å². The van der Waals surface area contributed by atoms with E-state index in [1.165, 1.54) is 6.42 Å². The first-order chi connectivity index (χ1) is 14.7. The number of hydrogen-bond acceptors (Lipinski definition) is 3. The minimum Gasteiger partial charge on any atom is -0.356 e. The van der Waals surface area contributed by atoms with E-state index in [2.05, 4.69) is 5.32 Å². The summed E-state index contributed by atoms with van der Waals surface area (Å²) in [5, 5.41) is 3.10. The van der Waals surface area contributed by atoms with Crippen molar-refractivity contribution in [1.29, 1.82) is 0 Å². The summed E-state index contributed by atoms with van der Waals surface area (Å²) < 4.78 is 2.02. The van der Waals surface area contributed by atoms with Gasteiger partial charge in [-0.3, -0.25) is 9.59 Å². The highest BCUT2D eigenvalue weighted by Gasteiger charge is 2.20. The van der Waals surface area contributed by atoms with Crippen molar-refractivity contribution in [2.45, 2.75) is 51.5 Å². The summed E-state index contributed by atoms with van der Waals surface area (Å²) in [6.07, 6.45) is 7.15. The van der Waals surface area contributed by atoms with Crippen LogP contribution in [0.15, 0.2) is 54.6 Å². The van der Waals surface area contributed by atoms with Crippen molar-refractivity contribution in [3.63, 3.8) is 0 Å². The van der Waals surface area contributed by atoms with Gasteiger partial charge in [-0.25, -0.2) is 4.98 Å². The van der Waals surface area contributed by atoms with Crippen LogP contribution in [0, 0.1) is 5.92 Å². The lowest BCUT2D eigenvalue weighted by Gasteiger charge is -2.20. The third kappa shape index (κ3) is 4.78. The lowest BCUT2D eigenvalue weighted by Crippen LogP contribution is -2.32. The van der Waals surface area contributed by atoms with Crippen molar-refractivity contribution in [3.05, 3.63) is 66.0 Å². The average molecular weight is 404 g/mol. The molecule has 0 bridgehead atoms. The van der Waals surface area contributed by atoms with Crippen LogP contribution in [0.3, 0.4) is 0 Å². The number of para-hydroxylation sites is 2. The van der Waals surface area contributed by atoms with Gasteiger partial charge in [0.2, 0.25) is 5.91 Å². The van der Waals surface area contributed by atoms with Crippen LogP contribution in [0.2, 0.25) is 0 Å². The third-order valence-electron chi connectivity index (χ3n) is 5.98. The van der Waals surface area contributed by atoms with Gasteiger partial charge < -0.3 is 9.88 Å². The van der Waals surface area contributed by atoms with E-state index in [9.17, 15) is 9.59 Å². The molecule has 0 unspecified atom stereocenters. The monoisotopic (exact) mass is 403 g/mol. The quantitative estimate of drug-likeness (QED) is 0.443. The summed E-state index contributed by atoms with van der Waals surface area (Å²) in [6, 6.07) is 17.3. The fourth-order valence-corrected chi connectivity index (χ4v) is 4.32. The molecule has 2 aromatic carbocycles. The molecule has 1 N–H and O–H groups in total. The van der Waals surface area contributed by atoms with E-state index in [1.54, 1.807) is 0 Å². The summed E-state index contributed by atoms with van der Waals surface area (Å²) in [5.41, 5.74) is 2.59. The Kier molecular flexibility index (Phi) is 6.57. The van der Waals surface area contributed by atoms with E-state index < -0.39 is 0 Å². The van der Waals surface area contributed by atoms with Crippen molar-refractivity contribution in [1.82, 2.24) is 14.9 Å². The number of hydrogen-bond donors (Lipinski definition) is 1. The lowest BCUT2D eigenvalue weighted by molar-refractivity contribution is -0.125. The number of rotatable bonds is 8. The van der Waals surface area contributed by atoms with Crippen molar-refractivity contribution in [2.24, 2.45) is 5.92 Å². The number of aromatic nitrogens is 2. The molecule has 1 heterocycles. The maximum Gasteiger partial charge on any atom is 0.223 e. The second kappa shape index (κ2) is 9.70. The maximum absolute atomic E-state index is 12.8. The molecule has 4 rings (SSSR count). The van der Waals surface area contributed by atoms with Crippen molar-refractivity contribution in [3.8, 4) is 0 Å². The molecule has 0 saturated heterocycles. The zero-order chi connectivity index (χ0) is 20.8. The number of ketones is 1. The zero-order valence-corrected chi connectivity index (χ0v) is 17.3. The maximum atomic E-state index is 12.8. The van der Waals surface area contributed by atoms with Gasteiger partial charge in [0.05, 0.1) is 17.6 Å². The van der Waals surface area contributed by atoms with E-state index in [1.807, 2.05) is 59.2 Å². The number of nitrogens with zero attached hydrogens (tertiary/aromatic N) is 2. The van der Waals surface area contributed by atoms with Gasteiger partial charge in [-0.2, -0.15) is 0 Å². The Morgan fingerprint density at radius 3 is 2.50 bits per heavy atom. The number of Topliss-reactive ketones (excluding diaryl/α,β-unsaturated/α-hetero) is 1. The number of imidazole rings is 1. The van der Waals surface area contributed by atoms with E-state index in [0.29, 0.717) is 12.1 Å². The van der Waals surface area contributed by atoms with Gasteiger partial charge in [0.15, 0.2) is 5.78 Å². The Morgan fingerprint density at radius 1 is 0.967 bits per heavy atom. The molecule has 1 amide bonds. The predicted octanol–water partition coefficient (Wildman–Crippen LogP) is 4.55. The van der Waals surface area contributed by atoms with Gasteiger partial charge in [0, 0.05) is 24.4 Å². The van der Waals surface area contributed by atoms with Crippen LogP contribution in [-0.4, -0.2) is 27.8 Å². The second-order valence-electron chi connectivity index (χ2n) is 8.12. The standard InChI is InChI=1S/C25H29N3O2/c29-23(19-10-3-1-4-11-19)18-28-22-15-8-7-14-21(22)27-24(28)16-9-17-26-25(30)20-12-5-2-6-13-20/h1,3-4,7-8,10-11,14-15,20H,2,5-6,9,12-13,16-18H2,(H,26,30). The number of fused-ring (bicyclic) bond motifs is 1. The van der Waals surface area contributed by atoms with E-state index in [-0.39, 0.29) is 24.2 Å². The molecule has 1 aliphatic carbocycles. The molecule has 0 spiro atoms. The van der Waals surface area contributed by atoms with Crippen molar-refractivity contribution < 1.29 is 9.59 Å².